The van der Waals surface area contributed by atoms with Crippen LogP contribution in [0.5, 0.6) is 5.75 Å². The van der Waals surface area contributed by atoms with Gasteiger partial charge in [0.05, 0.1) is 21.6 Å². The van der Waals surface area contributed by atoms with E-state index in [4.69, 9.17) is 16.3 Å². The first kappa shape index (κ1) is 23.1. The molecule has 1 amide bonds. The van der Waals surface area contributed by atoms with Crippen molar-refractivity contribution in [3.05, 3.63) is 53.1 Å². The Balaban J connectivity index is 1.84. The SMILES string of the molecule is CCN1C(=O)C(C)(C)COc2cc(C3(S(=O)(=O)c4ccc(Cl)cc4)CC(C)(O)C3)ccc21. The first-order chi connectivity index (χ1) is 14.8. The molecule has 1 N–H and O–H groups in total. The van der Waals surface area contributed by atoms with Gasteiger partial charge in [-0.05, 0) is 69.7 Å². The summed E-state index contributed by atoms with van der Waals surface area (Å²) in [6.45, 7) is 7.87. The fraction of sp³-hybridized carbons (Fsp3) is 0.458. The first-order valence-corrected chi connectivity index (χ1v) is 12.5. The fourth-order valence-corrected chi connectivity index (χ4v) is 7.32. The third-order valence-corrected chi connectivity index (χ3v) is 9.17. The number of benzene rings is 2. The lowest BCUT2D eigenvalue weighted by Crippen LogP contribution is -2.57. The van der Waals surface area contributed by atoms with Crippen molar-refractivity contribution in [2.45, 2.75) is 55.8 Å². The number of sulfone groups is 1. The molecular formula is C24H28ClNO5S. The van der Waals surface area contributed by atoms with Gasteiger partial charge in [-0.1, -0.05) is 17.7 Å². The van der Waals surface area contributed by atoms with Crippen LogP contribution in [0.1, 0.15) is 46.1 Å². The van der Waals surface area contributed by atoms with Gasteiger partial charge in [-0.15, -0.1) is 0 Å². The number of nitrogens with zero attached hydrogens (tertiary/aromatic N) is 1. The third kappa shape index (κ3) is 3.51. The maximum absolute atomic E-state index is 13.8. The van der Waals surface area contributed by atoms with Crippen molar-refractivity contribution < 1.29 is 23.1 Å². The molecule has 6 nitrogen and oxygen atoms in total. The van der Waals surface area contributed by atoms with Gasteiger partial charge in [0.2, 0.25) is 5.91 Å². The van der Waals surface area contributed by atoms with E-state index in [1.165, 1.54) is 12.1 Å². The summed E-state index contributed by atoms with van der Waals surface area (Å²) < 4.78 is 32.3. The lowest BCUT2D eigenvalue weighted by Gasteiger charge is -2.51. The highest BCUT2D eigenvalue weighted by molar-refractivity contribution is 7.92. The minimum absolute atomic E-state index is 0.0402. The molecule has 1 fully saturated rings. The lowest BCUT2D eigenvalue weighted by atomic mass is 9.68. The Morgan fingerprint density at radius 2 is 1.72 bits per heavy atom. The Kier molecular flexibility index (Phi) is 5.39. The summed E-state index contributed by atoms with van der Waals surface area (Å²) in [5.74, 6) is 0.432. The van der Waals surface area contributed by atoms with Gasteiger partial charge in [0.25, 0.3) is 0 Å². The van der Waals surface area contributed by atoms with Crippen LogP contribution in [0.4, 0.5) is 5.69 Å². The predicted molar refractivity (Wildman–Crippen MR) is 124 cm³/mol. The van der Waals surface area contributed by atoms with Gasteiger partial charge in [0, 0.05) is 24.4 Å². The highest BCUT2D eigenvalue weighted by Crippen LogP contribution is 2.56. The fourth-order valence-electron chi connectivity index (χ4n) is 4.81. The molecule has 0 radical (unpaired) electrons. The largest absolute Gasteiger partial charge is 0.490 e. The monoisotopic (exact) mass is 477 g/mol. The van der Waals surface area contributed by atoms with Gasteiger partial charge in [0.15, 0.2) is 9.84 Å². The summed E-state index contributed by atoms with van der Waals surface area (Å²) in [7, 11) is -3.85. The van der Waals surface area contributed by atoms with E-state index in [2.05, 4.69) is 0 Å². The van der Waals surface area contributed by atoms with Gasteiger partial charge < -0.3 is 14.7 Å². The molecule has 2 aliphatic rings. The van der Waals surface area contributed by atoms with Crippen molar-refractivity contribution in [2.24, 2.45) is 5.41 Å². The van der Waals surface area contributed by atoms with Crippen LogP contribution in [0.25, 0.3) is 0 Å². The van der Waals surface area contributed by atoms with Crippen molar-refractivity contribution in [1.82, 2.24) is 0 Å². The van der Waals surface area contributed by atoms with Crippen LogP contribution in [0.15, 0.2) is 47.4 Å². The van der Waals surface area contributed by atoms with Gasteiger partial charge in [0.1, 0.15) is 17.1 Å². The molecule has 0 spiro atoms. The molecule has 0 unspecified atom stereocenters. The molecule has 1 aliphatic carbocycles. The van der Waals surface area contributed by atoms with Crippen LogP contribution in [0, 0.1) is 5.41 Å². The summed E-state index contributed by atoms with van der Waals surface area (Å²) in [5, 5.41) is 11.0. The molecule has 32 heavy (non-hydrogen) atoms. The molecule has 0 atom stereocenters. The molecule has 4 rings (SSSR count). The van der Waals surface area contributed by atoms with Crippen LogP contribution in [-0.4, -0.2) is 38.2 Å². The Morgan fingerprint density at radius 3 is 2.28 bits per heavy atom. The number of hydrogen-bond donors (Lipinski definition) is 1. The third-order valence-electron chi connectivity index (χ3n) is 6.48. The molecule has 0 aromatic heterocycles. The average Bonchev–Trinajstić information content (AvgIpc) is 2.80. The number of rotatable bonds is 4. The highest BCUT2D eigenvalue weighted by atomic mass is 35.5. The zero-order valence-electron chi connectivity index (χ0n) is 18.7. The molecule has 2 aromatic rings. The number of halogens is 1. The van der Waals surface area contributed by atoms with Crippen molar-refractivity contribution in [3.63, 3.8) is 0 Å². The minimum atomic E-state index is -3.85. The van der Waals surface area contributed by atoms with E-state index >= 15 is 0 Å². The number of hydrogen-bond acceptors (Lipinski definition) is 5. The summed E-state index contributed by atoms with van der Waals surface area (Å²) in [5.41, 5.74) is -0.638. The number of aliphatic hydroxyl groups is 1. The number of anilines is 1. The molecule has 0 saturated heterocycles. The van der Waals surface area contributed by atoms with Gasteiger partial charge in [-0.25, -0.2) is 8.42 Å². The molecule has 8 heteroatoms. The van der Waals surface area contributed by atoms with Crippen LogP contribution >= 0.6 is 11.6 Å². The Labute approximate surface area is 194 Å². The van der Waals surface area contributed by atoms with Gasteiger partial charge in [-0.2, -0.15) is 0 Å². The minimum Gasteiger partial charge on any atom is -0.490 e. The number of carbonyl (C=O) groups excluding carboxylic acids is 1. The molecular weight excluding hydrogens is 450 g/mol. The number of carbonyl (C=O) groups is 1. The lowest BCUT2D eigenvalue weighted by molar-refractivity contribution is -0.127. The Hall–Kier alpha value is -2.09. The van der Waals surface area contributed by atoms with Crippen LogP contribution in [-0.2, 0) is 19.4 Å². The van der Waals surface area contributed by atoms with Crippen molar-refractivity contribution in [1.29, 1.82) is 0 Å². The zero-order valence-corrected chi connectivity index (χ0v) is 20.3. The van der Waals surface area contributed by atoms with Crippen molar-refractivity contribution >= 4 is 33.0 Å². The number of fused-ring (bicyclic) bond motifs is 1. The zero-order chi connectivity index (χ0) is 23.5. The van der Waals surface area contributed by atoms with Gasteiger partial charge >= 0.3 is 0 Å². The summed E-state index contributed by atoms with van der Waals surface area (Å²) >= 11 is 5.96. The van der Waals surface area contributed by atoms with Gasteiger partial charge in [-0.3, -0.25) is 4.79 Å². The smallest absolute Gasteiger partial charge is 0.236 e. The standard InChI is InChI=1S/C24H28ClNO5S/c1-5-26-19-11-6-16(12-20(19)31-15-22(2,3)21(26)27)24(13-23(4,28)14-24)32(29,30)18-9-7-17(25)8-10-18/h6-12,28H,5,13-15H2,1-4H3. The Morgan fingerprint density at radius 1 is 1.09 bits per heavy atom. The summed E-state index contributed by atoms with van der Waals surface area (Å²) in [6.07, 6.45) is 0.122. The molecule has 0 bridgehead atoms. The van der Waals surface area contributed by atoms with E-state index in [1.807, 2.05) is 20.8 Å². The second kappa shape index (κ2) is 7.47. The maximum Gasteiger partial charge on any atom is 0.236 e. The van der Waals surface area contributed by atoms with E-state index < -0.39 is 25.6 Å². The van der Waals surface area contributed by atoms with E-state index in [1.54, 1.807) is 42.2 Å². The van der Waals surface area contributed by atoms with E-state index in [0.29, 0.717) is 28.6 Å². The molecule has 2 aromatic carbocycles. The first-order valence-electron chi connectivity index (χ1n) is 10.6. The highest BCUT2D eigenvalue weighted by Gasteiger charge is 2.60. The normalized spacial score (nSPS) is 27.2. The number of ether oxygens (including phenoxy) is 1. The second-order valence-electron chi connectivity index (χ2n) is 9.71. The molecule has 1 aliphatic heterocycles. The van der Waals surface area contributed by atoms with Crippen LogP contribution < -0.4 is 9.64 Å². The number of amides is 1. The average molecular weight is 478 g/mol. The predicted octanol–water partition coefficient (Wildman–Crippen LogP) is 4.33. The van der Waals surface area contributed by atoms with Crippen LogP contribution in [0.3, 0.4) is 0 Å². The summed E-state index contributed by atoms with van der Waals surface area (Å²) in [4.78, 5) is 14.8. The van der Waals surface area contributed by atoms with E-state index in [9.17, 15) is 18.3 Å². The van der Waals surface area contributed by atoms with E-state index in [0.717, 1.165) is 0 Å². The molecule has 1 heterocycles. The molecule has 1 saturated carbocycles. The second-order valence-corrected chi connectivity index (χ2v) is 12.4. The Bertz CT molecular complexity index is 1160. The maximum atomic E-state index is 13.8. The van der Waals surface area contributed by atoms with Crippen LogP contribution in [0.2, 0.25) is 5.02 Å². The van der Waals surface area contributed by atoms with E-state index in [-0.39, 0.29) is 30.3 Å². The topological polar surface area (TPSA) is 83.9 Å². The van der Waals surface area contributed by atoms with Crippen molar-refractivity contribution in [2.75, 3.05) is 18.1 Å². The quantitative estimate of drug-likeness (QED) is 0.708. The van der Waals surface area contributed by atoms with Crippen molar-refractivity contribution in [3.8, 4) is 5.75 Å². The summed E-state index contributed by atoms with van der Waals surface area (Å²) in [6, 6.07) is 11.3. The molecule has 172 valence electrons.